The molecule has 0 aromatic heterocycles. The van der Waals surface area contributed by atoms with Crippen molar-refractivity contribution in [3.05, 3.63) is 29.8 Å². The topological polar surface area (TPSA) is 118 Å². The maximum atomic E-state index is 12.1. The predicted molar refractivity (Wildman–Crippen MR) is 97.1 cm³/mol. The number of nitrogens with zero attached hydrogens (tertiary/aromatic N) is 1. The molecule has 1 heterocycles. The van der Waals surface area contributed by atoms with Crippen LogP contribution in [-0.2, 0) is 24.2 Å². The van der Waals surface area contributed by atoms with Gasteiger partial charge in [0.1, 0.15) is 12.4 Å². The van der Waals surface area contributed by atoms with E-state index in [1.165, 1.54) is 4.90 Å². The number of sulfone groups is 1. The van der Waals surface area contributed by atoms with E-state index in [9.17, 15) is 27.9 Å². The molecule has 0 aliphatic carbocycles. The summed E-state index contributed by atoms with van der Waals surface area (Å²) in [5.74, 6) is 3.98. The van der Waals surface area contributed by atoms with Gasteiger partial charge in [-0.25, -0.2) is 13.2 Å². The third-order valence-corrected chi connectivity index (χ3v) is 6.34. The molecule has 1 fully saturated rings. The van der Waals surface area contributed by atoms with Crippen LogP contribution in [0.2, 0.25) is 0 Å². The van der Waals surface area contributed by atoms with Crippen LogP contribution < -0.4 is 4.90 Å². The lowest BCUT2D eigenvalue weighted by molar-refractivity contribution is -0.140. The molecule has 1 aromatic rings. The van der Waals surface area contributed by atoms with E-state index in [1.807, 2.05) is 0 Å². The van der Waals surface area contributed by atoms with Crippen LogP contribution in [-0.4, -0.2) is 55.5 Å². The zero-order valence-corrected chi connectivity index (χ0v) is 15.7. The molecule has 1 saturated heterocycles. The molecule has 0 unspecified atom stereocenters. The van der Waals surface area contributed by atoms with Crippen molar-refractivity contribution in [1.82, 2.24) is 0 Å². The molecule has 0 bridgehead atoms. The number of ether oxygens (including phenoxy) is 1. The Hall–Kier alpha value is -2.86. The number of hydrogen-bond acceptors (Lipinski definition) is 6. The van der Waals surface area contributed by atoms with Gasteiger partial charge in [0.15, 0.2) is 14.6 Å². The van der Waals surface area contributed by atoms with Crippen LogP contribution in [0.4, 0.5) is 10.5 Å². The number of cyclic esters (lactones) is 1. The fraction of sp³-hybridized carbons (Fsp3) is 0.389. The van der Waals surface area contributed by atoms with Crippen molar-refractivity contribution in [3.63, 3.8) is 0 Å². The lowest BCUT2D eigenvalue weighted by Gasteiger charge is -2.24. The largest absolute Gasteiger partial charge is 0.480 e. The highest BCUT2D eigenvalue weighted by Gasteiger charge is 2.48. The van der Waals surface area contributed by atoms with E-state index >= 15 is 0 Å². The van der Waals surface area contributed by atoms with E-state index in [0.717, 1.165) is 13.2 Å². The molecule has 1 aliphatic rings. The number of aliphatic carboxylic acids is 1. The molecule has 27 heavy (non-hydrogen) atoms. The zero-order chi connectivity index (χ0) is 20.2. The van der Waals surface area contributed by atoms with Crippen molar-refractivity contribution in [2.45, 2.75) is 30.6 Å². The lowest BCUT2D eigenvalue weighted by atomic mass is 10.0. The number of aldehydes is 1. The summed E-state index contributed by atoms with van der Waals surface area (Å²) >= 11 is 0. The van der Waals surface area contributed by atoms with Gasteiger partial charge in [-0.05, 0) is 31.2 Å². The van der Waals surface area contributed by atoms with Crippen LogP contribution in [0.15, 0.2) is 24.3 Å². The quantitative estimate of drug-likeness (QED) is 0.570. The van der Waals surface area contributed by atoms with E-state index in [2.05, 4.69) is 11.8 Å². The number of anilines is 1. The fourth-order valence-corrected chi connectivity index (χ4v) is 3.40. The van der Waals surface area contributed by atoms with E-state index in [-0.39, 0.29) is 19.4 Å². The number of carbonyl (C=O) groups is 3. The smallest absolute Gasteiger partial charge is 0.414 e. The zero-order valence-electron chi connectivity index (χ0n) is 14.8. The Morgan fingerprint density at radius 2 is 2.04 bits per heavy atom. The Balaban J connectivity index is 2.15. The van der Waals surface area contributed by atoms with Gasteiger partial charge in [0.05, 0.1) is 13.0 Å². The van der Waals surface area contributed by atoms with Gasteiger partial charge in [-0.15, -0.1) is 0 Å². The van der Waals surface area contributed by atoms with Crippen molar-refractivity contribution in [2.75, 3.05) is 17.7 Å². The Kier molecular flexibility index (Phi) is 5.91. The van der Waals surface area contributed by atoms with Crippen molar-refractivity contribution >= 4 is 33.9 Å². The Morgan fingerprint density at radius 3 is 2.56 bits per heavy atom. The molecular formula is C18H19NO7S. The number of benzene rings is 1. The molecule has 144 valence electrons. The Labute approximate surface area is 157 Å². The first-order valence-electron chi connectivity index (χ1n) is 8.02. The van der Waals surface area contributed by atoms with Crippen LogP contribution in [0.25, 0.3) is 0 Å². The standard InChI is InChI=1S/C18H19NO7S/c1-18(16(21)22,27(2,24)25)11-15-12-19(17(23)26-15)14-8-6-13(7-9-14)5-3-4-10-20/h6-10,15H,4,11-12H2,1-2H3,(H,21,22)/t15-,18+/m0/s1. The molecule has 2 rings (SSSR count). The predicted octanol–water partition coefficient (Wildman–Crippen LogP) is 1.23. The highest BCUT2D eigenvalue weighted by molar-refractivity contribution is 7.92. The van der Waals surface area contributed by atoms with Crippen LogP contribution in [0.5, 0.6) is 0 Å². The average Bonchev–Trinajstić information content (AvgIpc) is 2.94. The van der Waals surface area contributed by atoms with Gasteiger partial charge in [0, 0.05) is 23.9 Å². The number of carbonyl (C=O) groups excluding carboxylic acids is 2. The maximum Gasteiger partial charge on any atom is 0.414 e. The maximum absolute atomic E-state index is 12.1. The van der Waals surface area contributed by atoms with Gasteiger partial charge in [-0.2, -0.15) is 0 Å². The van der Waals surface area contributed by atoms with Crippen LogP contribution in [0.3, 0.4) is 0 Å². The monoisotopic (exact) mass is 393 g/mol. The highest BCUT2D eigenvalue weighted by atomic mass is 32.2. The number of amides is 1. The second kappa shape index (κ2) is 7.80. The van der Waals surface area contributed by atoms with Gasteiger partial charge in [0.25, 0.3) is 0 Å². The first-order valence-corrected chi connectivity index (χ1v) is 9.91. The molecule has 8 nitrogen and oxygen atoms in total. The summed E-state index contributed by atoms with van der Waals surface area (Å²) in [5.41, 5.74) is 1.18. The second-order valence-corrected chi connectivity index (χ2v) is 8.79. The highest BCUT2D eigenvalue weighted by Crippen LogP contribution is 2.30. The fourth-order valence-electron chi connectivity index (χ4n) is 2.59. The van der Waals surface area contributed by atoms with Crippen LogP contribution in [0.1, 0.15) is 25.3 Å². The van der Waals surface area contributed by atoms with E-state index in [4.69, 9.17) is 4.74 Å². The van der Waals surface area contributed by atoms with Crippen LogP contribution in [0, 0.1) is 11.8 Å². The molecule has 9 heteroatoms. The van der Waals surface area contributed by atoms with E-state index in [1.54, 1.807) is 24.3 Å². The van der Waals surface area contributed by atoms with Crippen molar-refractivity contribution in [3.8, 4) is 11.8 Å². The number of rotatable bonds is 6. The number of carboxylic acids is 1. The minimum absolute atomic E-state index is 0.0351. The summed E-state index contributed by atoms with van der Waals surface area (Å²) in [4.78, 5) is 35.2. The molecule has 2 atom stereocenters. The van der Waals surface area contributed by atoms with Gasteiger partial charge in [-0.1, -0.05) is 11.8 Å². The van der Waals surface area contributed by atoms with Gasteiger partial charge in [0.2, 0.25) is 0 Å². The third-order valence-electron chi connectivity index (χ3n) is 4.36. The van der Waals surface area contributed by atoms with Crippen LogP contribution >= 0.6 is 0 Å². The Bertz CT molecular complexity index is 911. The minimum atomic E-state index is -3.92. The molecule has 1 aromatic carbocycles. The van der Waals surface area contributed by atoms with Crippen molar-refractivity contribution in [1.29, 1.82) is 0 Å². The van der Waals surface area contributed by atoms with E-state index < -0.39 is 32.8 Å². The lowest BCUT2D eigenvalue weighted by Crippen LogP contribution is -2.46. The molecule has 1 N–H and O–H groups in total. The normalized spacial score (nSPS) is 18.8. The molecule has 0 radical (unpaired) electrons. The third kappa shape index (κ3) is 4.46. The molecular weight excluding hydrogens is 374 g/mol. The molecule has 0 spiro atoms. The van der Waals surface area contributed by atoms with Gasteiger partial charge in [-0.3, -0.25) is 9.69 Å². The summed E-state index contributed by atoms with van der Waals surface area (Å²) in [6, 6.07) is 6.63. The summed E-state index contributed by atoms with van der Waals surface area (Å²) in [5, 5.41) is 9.33. The molecule has 0 saturated carbocycles. The Morgan fingerprint density at radius 1 is 1.41 bits per heavy atom. The summed E-state index contributed by atoms with van der Waals surface area (Å²) in [6.45, 7) is 1.14. The minimum Gasteiger partial charge on any atom is -0.480 e. The first-order chi connectivity index (χ1) is 12.6. The average molecular weight is 393 g/mol. The number of hydrogen-bond donors (Lipinski definition) is 1. The second-order valence-electron chi connectivity index (χ2n) is 6.35. The molecule has 1 aliphatic heterocycles. The summed E-state index contributed by atoms with van der Waals surface area (Å²) < 4.78 is 26.9. The number of carboxylic acid groups (broad SMARTS) is 1. The summed E-state index contributed by atoms with van der Waals surface area (Å²) in [7, 11) is -3.92. The van der Waals surface area contributed by atoms with Gasteiger partial charge < -0.3 is 14.6 Å². The SMILES string of the molecule is C[C@@](C[C@H]1CN(c2ccc(C#CCC=O)cc2)C(=O)O1)(C(=O)O)S(C)(=O)=O. The van der Waals surface area contributed by atoms with E-state index in [0.29, 0.717) is 17.5 Å². The van der Waals surface area contributed by atoms with Crippen molar-refractivity contribution in [2.24, 2.45) is 0 Å². The first kappa shape index (κ1) is 20.5. The molecule has 1 amide bonds. The van der Waals surface area contributed by atoms with Gasteiger partial charge >= 0.3 is 12.1 Å². The summed E-state index contributed by atoms with van der Waals surface area (Å²) in [6.07, 6.45) is -0.228. The van der Waals surface area contributed by atoms with Crippen molar-refractivity contribution < 1.29 is 32.6 Å².